The summed E-state index contributed by atoms with van der Waals surface area (Å²) in [6, 6.07) is 5.58. The molecule has 0 bridgehead atoms. The smallest absolute Gasteiger partial charge is 0.331 e. The molecule has 0 aliphatic carbocycles. The highest BCUT2D eigenvalue weighted by molar-refractivity contribution is 5.89. The van der Waals surface area contributed by atoms with Gasteiger partial charge in [-0.1, -0.05) is 6.07 Å². The van der Waals surface area contributed by atoms with Crippen molar-refractivity contribution >= 4 is 23.5 Å². The number of benzene rings is 1. The van der Waals surface area contributed by atoms with Crippen molar-refractivity contribution in [3.63, 3.8) is 0 Å². The number of ether oxygens (including phenoxy) is 1. The maximum Gasteiger partial charge on any atom is 0.331 e. The molecule has 24 heavy (non-hydrogen) atoms. The maximum atomic E-state index is 12.5. The summed E-state index contributed by atoms with van der Waals surface area (Å²) in [5.41, 5.74) is 7.06. The number of nitrogens with zero attached hydrogens (tertiary/aromatic N) is 2. The predicted molar refractivity (Wildman–Crippen MR) is 87.5 cm³/mol. The highest BCUT2D eigenvalue weighted by Crippen LogP contribution is 2.32. The summed E-state index contributed by atoms with van der Waals surface area (Å²) in [5, 5.41) is 0. The van der Waals surface area contributed by atoms with Gasteiger partial charge in [-0.3, -0.25) is 9.59 Å². The molecule has 2 aliphatic heterocycles. The van der Waals surface area contributed by atoms with Crippen LogP contribution in [0.4, 0.5) is 5.69 Å². The number of esters is 1. The molecule has 128 valence electrons. The van der Waals surface area contributed by atoms with E-state index in [1.54, 1.807) is 15.9 Å². The molecule has 0 radical (unpaired) electrons. The number of anilines is 1. The number of fused-ring (bicyclic) bond motifs is 1. The van der Waals surface area contributed by atoms with Gasteiger partial charge in [0, 0.05) is 19.0 Å². The Labute approximate surface area is 140 Å². The van der Waals surface area contributed by atoms with Crippen LogP contribution in [0.5, 0.6) is 5.75 Å². The minimum atomic E-state index is -0.367. The third-order valence-electron chi connectivity index (χ3n) is 4.58. The second-order valence-electron chi connectivity index (χ2n) is 6.36. The fourth-order valence-corrected chi connectivity index (χ4v) is 3.18. The van der Waals surface area contributed by atoms with Crippen LogP contribution in [0.15, 0.2) is 18.2 Å². The lowest BCUT2D eigenvalue weighted by atomic mass is 9.96. The van der Waals surface area contributed by atoms with E-state index < -0.39 is 0 Å². The molecule has 1 aromatic rings. The molecule has 3 rings (SSSR count). The second-order valence-corrected chi connectivity index (χ2v) is 6.36. The molecule has 0 saturated carbocycles. The van der Waals surface area contributed by atoms with Crippen LogP contribution in [0.1, 0.15) is 18.4 Å². The molecule has 2 aliphatic rings. The average Bonchev–Trinajstić information content (AvgIpc) is 2.54. The summed E-state index contributed by atoms with van der Waals surface area (Å²) in [6.45, 7) is 3.13. The van der Waals surface area contributed by atoms with Crippen LogP contribution in [-0.2, 0) is 14.4 Å². The minimum absolute atomic E-state index is 0.0551. The lowest BCUT2D eigenvalue weighted by Gasteiger charge is -2.34. The van der Waals surface area contributed by atoms with Crippen LogP contribution in [0, 0.1) is 12.8 Å². The van der Waals surface area contributed by atoms with E-state index in [1.165, 1.54) is 0 Å². The Bertz CT molecular complexity index is 680. The number of hydrogen-bond donors (Lipinski definition) is 1. The number of primary amides is 1. The van der Waals surface area contributed by atoms with Crippen molar-refractivity contribution in [1.29, 1.82) is 0 Å². The SMILES string of the molecule is Cc1ccc2c(c1)OC(=O)CN2CC(=O)N1CCC(C(N)=O)CC1. The topological polar surface area (TPSA) is 92.9 Å². The maximum absolute atomic E-state index is 12.5. The molecular weight excluding hydrogens is 310 g/mol. The van der Waals surface area contributed by atoms with Gasteiger partial charge in [0.25, 0.3) is 0 Å². The van der Waals surface area contributed by atoms with Crippen LogP contribution in [0.2, 0.25) is 0 Å². The summed E-state index contributed by atoms with van der Waals surface area (Å²) in [4.78, 5) is 39.0. The zero-order chi connectivity index (χ0) is 17.3. The van der Waals surface area contributed by atoms with Gasteiger partial charge in [-0.25, -0.2) is 4.79 Å². The first-order valence-electron chi connectivity index (χ1n) is 8.07. The lowest BCUT2D eigenvalue weighted by molar-refractivity contribution is -0.135. The highest BCUT2D eigenvalue weighted by Gasteiger charge is 2.30. The van der Waals surface area contributed by atoms with Gasteiger partial charge in [-0.2, -0.15) is 0 Å². The van der Waals surface area contributed by atoms with Gasteiger partial charge in [0.15, 0.2) is 5.75 Å². The molecule has 2 N–H and O–H groups in total. The molecule has 0 atom stereocenters. The van der Waals surface area contributed by atoms with Crippen LogP contribution < -0.4 is 15.4 Å². The number of carbonyl (C=O) groups excluding carboxylic acids is 3. The van der Waals surface area contributed by atoms with Crippen molar-refractivity contribution in [2.45, 2.75) is 19.8 Å². The van der Waals surface area contributed by atoms with E-state index in [2.05, 4.69) is 0 Å². The van der Waals surface area contributed by atoms with E-state index >= 15 is 0 Å². The third-order valence-corrected chi connectivity index (χ3v) is 4.58. The van der Waals surface area contributed by atoms with Gasteiger partial charge in [0.1, 0.15) is 6.54 Å². The molecule has 1 aromatic carbocycles. The molecular formula is C17H21N3O4. The molecule has 1 saturated heterocycles. The van der Waals surface area contributed by atoms with Crippen LogP contribution in [0.3, 0.4) is 0 Å². The number of nitrogens with two attached hydrogens (primary N) is 1. The summed E-state index contributed by atoms with van der Waals surface area (Å²) in [6.07, 6.45) is 1.19. The average molecular weight is 331 g/mol. The first kappa shape index (κ1) is 16.3. The summed E-state index contributed by atoms with van der Waals surface area (Å²) in [5.74, 6) is -0.383. The Morgan fingerprint density at radius 2 is 2.00 bits per heavy atom. The van der Waals surface area contributed by atoms with Crippen molar-refractivity contribution in [2.24, 2.45) is 11.7 Å². The quantitative estimate of drug-likeness (QED) is 0.641. The van der Waals surface area contributed by atoms with Crippen molar-refractivity contribution in [2.75, 3.05) is 31.1 Å². The first-order valence-corrected chi connectivity index (χ1v) is 8.07. The first-order chi connectivity index (χ1) is 11.4. The molecule has 0 aromatic heterocycles. The number of carbonyl (C=O) groups is 3. The number of amides is 2. The van der Waals surface area contributed by atoms with Gasteiger partial charge in [0.05, 0.1) is 12.2 Å². The Kier molecular flexibility index (Phi) is 4.42. The van der Waals surface area contributed by atoms with E-state index in [0.717, 1.165) is 11.3 Å². The van der Waals surface area contributed by atoms with Gasteiger partial charge in [-0.05, 0) is 37.5 Å². The Morgan fingerprint density at radius 1 is 1.29 bits per heavy atom. The van der Waals surface area contributed by atoms with E-state index in [0.29, 0.717) is 31.7 Å². The zero-order valence-electron chi connectivity index (χ0n) is 13.7. The summed E-state index contributed by atoms with van der Waals surface area (Å²) in [7, 11) is 0. The van der Waals surface area contributed by atoms with Gasteiger partial charge < -0.3 is 20.3 Å². The molecule has 2 heterocycles. The third kappa shape index (κ3) is 3.34. The van der Waals surface area contributed by atoms with Gasteiger partial charge in [-0.15, -0.1) is 0 Å². The Morgan fingerprint density at radius 3 is 2.67 bits per heavy atom. The molecule has 7 nitrogen and oxygen atoms in total. The molecule has 0 spiro atoms. The fraction of sp³-hybridized carbons (Fsp3) is 0.471. The van der Waals surface area contributed by atoms with E-state index in [1.807, 2.05) is 19.1 Å². The Hall–Kier alpha value is -2.57. The number of hydrogen-bond acceptors (Lipinski definition) is 5. The predicted octanol–water partition coefficient (Wildman–Crippen LogP) is 0.444. The van der Waals surface area contributed by atoms with E-state index in [9.17, 15) is 14.4 Å². The van der Waals surface area contributed by atoms with Crippen LogP contribution in [0.25, 0.3) is 0 Å². The lowest BCUT2D eigenvalue weighted by Crippen LogP contribution is -2.48. The van der Waals surface area contributed by atoms with Crippen molar-refractivity contribution in [1.82, 2.24) is 4.90 Å². The van der Waals surface area contributed by atoms with E-state index in [-0.39, 0.29) is 36.8 Å². The summed E-state index contributed by atoms with van der Waals surface area (Å²) >= 11 is 0. The zero-order valence-corrected chi connectivity index (χ0v) is 13.7. The van der Waals surface area contributed by atoms with Gasteiger partial charge >= 0.3 is 5.97 Å². The van der Waals surface area contributed by atoms with Crippen molar-refractivity contribution in [3.05, 3.63) is 23.8 Å². The fourth-order valence-electron chi connectivity index (χ4n) is 3.18. The van der Waals surface area contributed by atoms with E-state index in [4.69, 9.17) is 10.5 Å². The number of rotatable bonds is 3. The number of piperidine rings is 1. The minimum Gasteiger partial charge on any atom is -0.423 e. The Balaban J connectivity index is 1.67. The molecule has 0 unspecified atom stereocenters. The molecule has 2 amide bonds. The van der Waals surface area contributed by atoms with Crippen molar-refractivity contribution in [3.8, 4) is 5.75 Å². The normalized spacial score (nSPS) is 18.1. The summed E-state index contributed by atoms with van der Waals surface area (Å²) < 4.78 is 5.25. The largest absolute Gasteiger partial charge is 0.423 e. The number of likely N-dealkylation sites (tertiary alicyclic amines) is 1. The highest BCUT2D eigenvalue weighted by atomic mass is 16.5. The molecule has 1 fully saturated rings. The molecule has 7 heteroatoms. The van der Waals surface area contributed by atoms with Crippen molar-refractivity contribution < 1.29 is 19.1 Å². The van der Waals surface area contributed by atoms with Gasteiger partial charge in [0.2, 0.25) is 11.8 Å². The second kappa shape index (κ2) is 6.51. The monoisotopic (exact) mass is 331 g/mol. The standard InChI is InChI=1S/C17H21N3O4/c1-11-2-3-13-14(8-11)24-16(22)10-20(13)9-15(21)19-6-4-12(5-7-19)17(18)23/h2-3,8,12H,4-7,9-10H2,1H3,(H2,18,23). The van der Waals surface area contributed by atoms with Crippen LogP contribution >= 0.6 is 0 Å². The number of aryl methyl sites for hydroxylation is 1. The van der Waals surface area contributed by atoms with Crippen LogP contribution in [-0.4, -0.2) is 48.9 Å².